The van der Waals surface area contributed by atoms with Crippen LogP contribution in [0.2, 0.25) is 15.1 Å². The maximum absolute atomic E-state index is 14.2. The summed E-state index contributed by atoms with van der Waals surface area (Å²) in [7, 11) is -3.87. The van der Waals surface area contributed by atoms with Crippen molar-refractivity contribution >= 4 is 62.3 Å². The Balaban J connectivity index is 1.73. The first kappa shape index (κ1) is 32.1. The second-order valence-electron chi connectivity index (χ2n) is 10.6. The number of carbonyl (C=O) groups is 2. The topological polar surface area (TPSA) is 86.8 Å². The predicted octanol–water partition coefficient (Wildman–Crippen LogP) is 6.50. The summed E-state index contributed by atoms with van der Waals surface area (Å²) >= 11 is 18.5. The van der Waals surface area contributed by atoms with E-state index in [0.717, 1.165) is 48.2 Å². The van der Waals surface area contributed by atoms with E-state index in [1.807, 2.05) is 30.3 Å². The lowest BCUT2D eigenvalue weighted by Crippen LogP contribution is -2.55. The molecule has 0 bridgehead atoms. The normalized spacial score (nSPS) is 14.7. The quantitative estimate of drug-likeness (QED) is 0.257. The van der Waals surface area contributed by atoms with Crippen molar-refractivity contribution < 1.29 is 18.0 Å². The molecule has 0 heterocycles. The highest BCUT2D eigenvalue weighted by molar-refractivity contribution is 7.92. The lowest BCUT2D eigenvalue weighted by molar-refractivity contribution is -0.140. The van der Waals surface area contributed by atoms with Gasteiger partial charge in [-0.2, -0.15) is 0 Å². The highest BCUT2D eigenvalue weighted by Gasteiger charge is 2.34. The van der Waals surface area contributed by atoms with Gasteiger partial charge in [-0.3, -0.25) is 13.9 Å². The number of carbonyl (C=O) groups excluding carboxylic acids is 2. The SMILES string of the molecule is CS(=O)(=O)N(CC(=O)N(Cc1ccc(Cl)c(Cl)c1)[C@H](Cc1ccccc1)C(=O)NC1CCCCC1)c1ccc(Cl)cc1. The van der Waals surface area contributed by atoms with Crippen LogP contribution in [-0.2, 0) is 32.6 Å². The zero-order chi connectivity index (χ0) is 30.3. The van der Waals surface area contributed by atoms with Gasteiger partial charge in [0.2, 0.25) is 21.8 Å². The van der Waals surface area contributed by atoms with Gasteiger partial charge in [0.1, 0.15) is 12.6 Å². The molecule has 0 saturated heterocycles. The molecule has 4 rings (SSSR count). The Labute approximate surface area is 262 Å². The van der Waals surface area contributed by atoms with Gasteiger partial charge in [0.15, 0.2) is 0 Å². The summed E-state index contributed by atoms with van der Waals surface area (Å²) in [5.74, 6) is -0.822. The van der Waals surface area contributed by atoms with E-state index in [-0.39, 0.29) is 30.6 Å². The Hall–Kier alpha value is -2.78. The summed E-state index contributed by atoms with van der Waals surface area (Å²) in [6.07, 6.45) is 6.23. The fourth-order valence-corrected chi connectivity index (χ4v) is 6.45. The Bertz CT molecular complexity index is 1480. The van der Waals surface area contributed by atoms with Gasteiger partial charge in [0.05, 0.1) is 22.0 Å². The van der Waals surface area contributed by atoms with Gasteiger partial charge in [0, 0.05) is 24.0 Å². The molecule has 1 N–H and O–H groups in total. The van der Waals surface area contributed by atoms with E-state index in [0.29, 0.717) is 20.6 Å². The molecule has 0 spiro atoms. The first-order valence-corrected chi connectivity index (χ1v) is 16.8. The Morgan fingerprint density at radius 3 is 2.17 bits per heavy atom. The Morgan fingerprint density at radius 1 is 0.881 bits per heavy atom. The number of anilines is 1. The molecular weight excluding hydrogens is 617 g/mol. The van der Waals surface area contributed by atoms with Crippen molar-refractivity contribution in [1.29, 1.82) is 0 Å². The van der Waals surface area contributed by atoms with Crippen LogP contribution in [0.1, 0.15) is 43.2 Å². The standard InChI is InChI=1S/C31H34Cl3N3O4S/c1-42(40,41)37(26-15-13-24(32)14-16-26)21-30(38)36(20-23-12-17-27(33)28(34)18-23)29(19-22-8-4-2-5-9-22)31(39)35-25-10-6-3-7-11-25/h2,4-5,8-9,12-18,25,29H,3,6-7,10-11,19-21H2,1H3,(H,35,39)/t29-/m1/s1. The van der Waals surface area contributed by atoms with Crippen molar-refractivity contribution in [3.05, 3.63) is 99.0 Å². The predicted molar refractivity (Wildman–Crippen MR) is 170 cm³/mol. The monoisotopic (exact) mass is 649 g/mol. The molecule has 0 radical (unpaired) electrons. The van der Waals surface area contributed by atoms with Crippen LogP contribution >= 0.6 is 34.8 Å². The Morgan fingerprint density at radius 2 is 1.55 bits per heavy atom. The van der Waals surface area contributed by atoms with Gasteiger partial charge in [-0.25, -0.2) is 8.42 Å². The highest BCUT2D eigenvalue weighted by Crippen LogP contribution is 2.26. The second-order valence-corrected chi connectivity index (χ2v) is 13.7. The lowest BCUT2D eigenvalue weighted by Gasteiger charge is -2.35. The third-order valence-corrected chi connectivity index (χ3v) is 9.48. The van der Waals surface area contributed by atoms with Gasteiger partial charge in [-0.05, 0) is 60.4 Å². The molecule has 0 aliphatic heterocycles. The summed E-state index contributed by atoms with van der Waals surface area (Å²) in [5, 5.41) is 4.28. The maximum Gasteiger partial charge on any atom is 0.244 e. The summed E-state index contributed by atoms with van der Waals surface area (Å²) in [6.45, 7) is -0.493. The summed E-state index contributed by atoms with van der Waals surface area (Å²) in [6, 6.07) is 19.8. The molecule has 11 heteroatoms. The van der Waals surface area contributed by atoms with E-state index >= 15 is 0 Å². The summed E-state index contributed by atoms with van der Waals surface area (Å²) < 4.78 is 26.8. The van der Waals surface area contributed by atoms with Crippen molar-refractivity contribution in [3.63, 3.8) is 0 Å². The van der Waals surface area contributed by atoms with Crippen LogP contribution in [0.5, 0.6) is 0 Å². The maximum atomic E-state index is 14.2. The third-order valence-electron chi connectivity index (χ3n) is 7.35. The van der Waals surface area contributed by atoms with Crippen LogP contribution in [-0.4, -0.2) is 50.0 Å². The number of hydrogen-bond acceptors (Lipinski definition) is 4. The number of rotatable bonds is 11. The van der Waals surface area contributed by atoms with Crippen LogP contribution in [0.4, 0.5) is 5.69 Å². The molecule has 1 aliphatic carbocycles. The van der Waals surface area contributed by atoms with E-state index in [1.165, 1.54) is 17.0 Å². The molecule has 1 aliphatic rings. The van der Waals surface area contributed by atoms with Crippen molar-refractivity contribution in [2.45, 2.75) is 57.2 Å². The first-order chi connectivity index (χ1) is 20.0. The molecular formula is C31H34Cl3N3O4S. The number of nitrogens with one attached hydrogen (secondary N) is 1. The number of halogens is 3. The number of amides is 2. The van der Waals surface area contributed by atoms with Crippen molar-refractivity contribution in [2.24, 2.45) is 0 Å². The minimum Gasteiger partial charge on any atom is -0.352 e. The highest BCUT2D eigenvalue weighted by atomic mass is 35.5. The third kappa shape index (κ3) is 8.86. The molecule has 0 unspecified atom stereocenters. The number of hydrogen-bond donors (Lipinski definition) is 1. The molecule has 3 aromatic carbocycles. The van der Waals surface area contributed by atoms with Crippen molar-refractivity contribution in [3.8, 4) is 0 Å². The van der Waals surface area contributed by atoms with Crippen LogP contribution in [0.15, 0.2) is 72.8 Å². The van der Waals surface area contributed by atoms with Crippen LogP contribution in [0.3, 0.4) is 0 Å². The molecule has 1 fully saturated rings. The van der Waals surface area contributed by atoms with Gasteiger partial charge in [0.25, 0.3) is 0 Å². The van der Waals surface area contributed by atoms with Crippen molar-refractivity contribution in [2.75, 3.05) is 17.1 Å². The van der Waals surface area contributed by atoms with E-state index in [2.05, 4.69) is 5.32 Å². The second kappa shape index (κ2) is 14.6. The van der Waals surface area contributed by atoms with Crippen LogP contribution in [0.25, 0.3) is 0 Å². The van der Waals surface area contributed by atoms with E-state index in [1.54, 1.807) is 30.3 Å². The zero-order valence-corrected chi connectivity index (χ0v) is 26.4. The minimum absolute atomic E-state index is 0.0174. The fraction of sp³-hybridized carbons (Fsp3) is 0.355. The molecule has 224 valence electrons. The molecule has 1 atom stereocenters. The minimum atomic E-state index is -3.87. The van der Waals surface area contributed by atoms with Crippen LogP contribution < -0.4 is 9.62 Å². The first-order valence-electron chi connectivity index (χ1n) is 13.8. The van der Waals surface area contributed by atoms with Crippen LogP contribution in [0, 0.1) is 0 Å². The molecule has 42 heavy (non-hydrogen) atoms. The fourth-order valence-electron chi connectivity index (χ4n) is 5.15. The van der Waals surface area contributed by atoms with Gasteiger partial charge >= 0.3 is 0 Å². The van der Waals surface area contributed by atoms with Gasteiger partial charge < -0.3 is 10.2 Å². The van der Waals surface area contributed by atoms with E-state index in [4.69, 9.17) is 34.8 Å². The van der Waals surface area contributed by atoms with E-state index in [9.17, 15) is 18.0 Å². The molecule has 7 nitrogen and oxygen atoms in total. The van der Waals surface area contributed by atoms with Gasteiger partial charge in [-0.1, -0.05) is 90.5 Å². The Kier molecular flexibility index (Phi) is 11.2. The zero-order valence-electron chi connectivity index (χ0n) is 23.3. The average Bonchev–Trinajstić information content (AvgIpc) is 2.96. The summed E-state index contributed by atoms with van der Waals surface area (Å²) in [4.78, 5) is 29.6. The molecule has 3 aromatic rings. The summed E-state index contributed by atoms with van der Waals surface area (Å²) in [5.41, 5.74) is 1.81. The number of benzene rings is 3. The van der Waals surface area contributed by atoms with Crippen molar-refractivity contribution in [1.82, 2.24) is 10.2 Å². The molecule has 2 amide bonds. The van der Waals surface area contributed by atoms with Gasteiger partial charge in [-0.15, -0.1) is 0 Å². The average molecular weight is 651 g/mol. The largest absolute Gasteiger partial charge is 0.352 e. The molecule has 0 aromatic heterocycles. The molecule has 1 saturated carbocycles. The number of nitrogens with zero attached hydrogens (tertiary/aromatic N) is 2. The van der Waals surface area contributed by atoms with E-state index < -0.39 is 28.5 Å². The number of sulfonamides is 1. The smallest absolute Gasteiger partial charge is 0.244 e. The lowest BCUT2D eigenvalue weighted by atomic mass is 9.94.